The van der Waals surface area contributed by atoms with Gasteiger partial charge in [-0.3, -0.25) is 4.79 Å². The van der Waals surface area contributed by atoms with E-state index in [1.807, 2.05) is 31.7 Å². The van der Waals surface area contributed by atoms with Crippen LogP contribution in [0.25, 0.3) is 11.4 Å². The molecule has 0 bridgehead atoms. The van der Waals surface area contributed by atoms with Crippen molar-refractivity contribution in [2.24, 2.45) is 0 Å². The standard InChI is InChI=1S/C18H21N5O2/c1-12-9-22(10-13(2)25-12)17(24)11-23-14(3)20-21-18(23)16-6-4-5-15(7-16)8-19/h4-7,12-13H,9-11H2,1-3H3/t12-,13-/m1/s1. The number of hydrogen-bond donors (Lipinski definition) is 0. The molecule has 130 valence electrons. The highest BCUT2D eigenvalue weighted by atomic mass is 16.5. The predicted octanol–water partition coefficient (Wildman–Crippen LogP) is 1.76. The lowest BCUT2D eigenvalue weighted by molar-refractivity contribution is -0.143. The predicted molar refractivity (Wildman–Crippen MR) is 91.5 cm³/mol. The monoisotopic (exact) mass is 339 g/mol. The first-order valence-corrected chi connectivity index (χ1v) is 8.31. The van der Waals surface area contributed by atoms with E-state index in [0.717, 1.165) is 5.56 Å². The molecule has 0 saturated carbocycles. The van der Waals surface area contributed by atoms with Crippen LogP contribution in [-0.4, -0.2) is 50.9 Å². The molecule has 0 N–H and O–H groups in total. The van der Waals surface area contributed by atoms with Crippen LogP contribution in [0.15, 0.2) is 24.3 Å². The summed E-state index contributed by atoms with van der Waals surface area (Å²) in [5.74, 6) is 1.28. The molecule has 1 aliphatic rings. The van der Waals surface area contributed by atoms with E-state index < -0.39 is 0 Å². The van der Waals surface area contributed by atoms with Crippen LogP contribution in [0.4, 0.5) is 0 Å². The first-order chi connectivity index (χ1) is 12.0. The number of hydrogen-bond acceptors (Lipinski definition) is 5. The van der Waals surface area contributed by atoms with Crippen molar-refractivity contribution in [2.45, 2.75) is 39.5 Å². The van der Waals surface area contributed by atoms with Crippen molar-refractivity contribution in [2.75, 3.05) is 13.1 Å². The first kappa shape index (κ1) is 17.1. The minimum Gasteiger partial charge on any atom is -0.372 e. The average molecular weight is 339 g/mol. The Morgan fingerprint density at radius 1 is 1.32 bits per heavy atom. The van der Waals surface area contributed by atoms with E-state index in [2.05, 4.69) is 16.3 Å². The van der Waals surface area contributed by atoms with Crippen molar-refractivity contribution in [3.05, 3.63) is 35.7 Å². The van der Waals surface area contributed by atoms with E-state index in [1.54, 1.807) is 22.8 Å². The molecule has 2 atom stereocenters. The number of nitriles is 1. The maximum Gasteiger partial charge on any atom is 0.242 e. The van der Waals surface area contributed by atoms with Gasteiger partial charge in [0.05, 0.1) is 23.8 Å². The normalized spacial score (nSPS) is 20.3. The molecule has 3 rings (SSSR count). The molecule has 1 amide bonds. The van der Waals surface area contributed by atoms with Gasteiger partial charge in [-0.1, -0.05) is 12.1 Å². The summed E-state index contributed by atoms with van der Waals surface area (Å²) in [5, 5.41) is 17.4. The van der Waals surface area contributed by atoms with Gasteiger partial charge in [0.2, 0.25) is 5.91 Å². The molecule has 1 aliphatic heterocycles. The van der Waals surface area contributed by atoms with Crippen LogP contribution in [0, 0.1) is 18.3 Å². The molecular formula is C18H21N5O2. The fourth-order valence-corrected chi connectivity index (χ4v) is 3.13. The number of amides is 1. The summed E-state index contributed by atoms with van der Waals surface area (Å²) >= 11 is 0. The quantitative estimate of drug-likeness (QED) is 0.851. The Hall–Kier alpha value is -2.72. The number of rotatable bonds is 3. The van der Waals surface area contributed by atoms with Gasteiger partial charge in [0.1, 0.15) is 12.4 Å². The highest BCUT2D eigenvalue weighted by Gasteiger charge is 2.27. The van der Waals surface area contributed by atoms with Crippen LogP contribution in [0.1, 0.15) is 25.2 Å². The molecule has 25 heavy (non-hydrogen) atoms. The van der Waals surface area contributed by atoms with Crippen LogP contribution in [0.2, 0.25) is 0 Å². The average Bonchev–Trinajstić information content (AvgIpc) is 2.95. The first-order valence-electron chi connectivity index (χ1n) is 8.31. The molecule has 0 unspecified atom stereocenters. The Kier molecular flexibility index (Phi) is 4.81. The Morgan fingerprint density at radius 3 is 2.72 bits per heavy atom. The highest BCUT2D eigenvalue weighted by molar-refractivity contribution is 5.77. The third kappa shape index (κ3) is 3.69. The van der Waals surface area contributed by atoms with Gasteiger partial charge in [0.25, 0.3) is 0 Å². The summed E-state index contributed by atoms with van der Waals surface area (Å²) in [6.07, 6.45) is 0.0583. The Morgan fingerprint density at radius 2 is 2.04 bits per heavy atom. The summed E-state index contributed by atoms with van der Waals surface area (Å²) in [7, 11) is 0. The van der Waals surface area contributed by atoms with Gasteiger partial charge in [-0.05, 0) is 32.9 Å². The second-order valence-corrected chi connectivity index (χ2v) is 6.41. The van der Waals surface area contributed by atoms with Crippen molar-refractivity contribution < 1.29 is 9.53 Å². The molecule has 0 radical (unpaired) electrons. The van der Waals surface area contributed by atoms with E-state index in [0.29, 0.717) is 30.3 Å². The molecular weight excluding hydrogens is 318 g/mol. The van der Waals surface area contributed by atoms with E-state index in [4.69, 9.17) is 10.00 Å². The number of aryl methyl sites for hydroxylation is 1. The lowest BCUT2D eigenvalue weighted by Gasteiger charge is -2.35. The molecule has 1 saturated heterocycles. The van der Waals surface area contributed by atoms with E-state index in [1.165, 1.54) is 0 Å². The minimum absolute atomic E-state index is 0.0163. The SMILES string of the molecule is Cc1nnc(-c2cccc(C#N)c2)n1CC(=O)N1C[C@@H](C)O[C@H](C)C1. The lowest BCUT2D eigenvalue weighted by atomic mass is 10.1. The van der Waals surface area contributed by atoms with Crippen molar-refractivity contribution >= 4 is 5.91 Å². The van der Waals surface area contributed by atoms with Crippen LogP contribution in [0.5, 0.6) is 0 Å². The smallest absolute Gasteiger partial charge is 0.242 e. The topological polar surface area (TPSA) is 84.0 Å². The van der Waals surface area contributed by atoms with Gasteiger partial charge in [-0.2, -0.15) is 5.26 Å². The van der Waals surface area contributed by atoms with Crippen molar-refractivity contribution in [3.63, 3.8) is 0 Å². The number of nitrogens with zero attached hydrogens (tertiary/aromatic N) is 5. The number of morpholine rings is 1. The minimum atomic E-state index is 0.0163. The molecule has 7 heteroatoms. The zero-order valence-corrected chi connectivity index (χ0v) is 14.6. The van der Waals surface area contributed by atoms with Crippen LogP contribution in [-0.2, 0) is 16.1 Å². The van der Waals surface area contributed by atoms with E-state index in [-0.39, 0.29) is 24.7 Å². The molecule has 0 spiro atoms. The molecule has 7 nitrogen and oxygen atoms in total. The molecule has 2 aromatic rings. The third-order valence-corrected chi connectivity index (χ3v) is 4.25. The summed E-state index contributed by atoms with van der Waals surface area (Å²) in [6, 6.07) is 9.27. The zero-order chi connectivity index (χ0) is 18.0. The molecule has 2 heterocycles. The number of aromatic nitrogens is 3. The molecule has 1 aromatic heterocycles. The summed E-state index contributed by atoms with van der Waals surface area (Å²) in [5.41, 5.74) is 1.32. The van der Waals surface area contributed by atoms with Gasteiger partial charge in [-0.15, -0.1) is 10.2 Å². The number of ether oxygens (including phenoxy) is 1. The fourth-order valence-electron chi connectivity index (χ4n) is 3.13. The Labute approximate surface area is 146 Å². The third-order valence-electron chi connectivity index (χ3n) is 4.25. The van der Waals surface area contributed by atoms with Crippen molar-refractivity contribution in [3.8, 4) is 17.5 Å². The Balaban J connectivity index is 1.85. The summed E-state index contributed by atoms with van der Waals surface area (Å²) in [6.45, 7) is 7.11. The largest absolute Gasteiger partial charge is 0.372 e. The van der Waals surface area contributed by atoms with Crippen LogP contribution < -0.4 is 0 Å². The summed E-state index contributed by atoms with van der Waals surface area (Å²) in [4.78, 5) is 14.6. The molecule has 1 fully saturated rings. The second kappa shape index (κ2) is 7.03. The van der Waals surface area contributed by atoms with Gasteiger partial charge in [0.15, 0.2) is 5.82 Å². The maximum atomic E-state index is 12.8. The van der Waals surface area contributed by atoms with Crippen LogP contribution >= 0.6 is 0 Å². The highest BCUT2D eigenvalue weighted by Crippen LogP contribution is 2.20. The van der Waals surface area contributed by atoms with Crippen molar-refractivity contribution in [1.29, 1.82) is 5.26 Å². The van der Waals surface area contributed by atoms with Gasteiger partial charge in [-0.25, -0.2) is 0 Å². The lowest BCUT2D eigenvalue weighted by Crippen LogP contribution is -2.49. The molecule has 0 aliphatic carbocycles. The van der Waals surface area contributed by atoms with E-state index in [9.17, 15) is 4.79 Å². The molecule has 1 aromatic carbocycles. The zero-order valence-electron chi connectivity index (χ0n) is 14.6. The van der Waals surface area contributed by atoms with Crippen LogP contribution in [0.3, 0.4) is 0 Å². The van der Waals surface area contributed by atoms with Gasteiger partial charge in [0, 0.05) is 18.7 Å². The fraction of sp³-hybridized carbons (Fsp3) is 0.444. The van der Waals surface area contributed by atoms with Gasteiger partial charge >= 0.3 is 0 Å². The maximum absolute atomic E-state index is 12.8. The summed E-state index contributed by atoms with van der Waals surface area (Å²) < 4.78 is 7.48. The Bertz CT molecular complexity index is 813. The van der Waals surface area contributed by atoms with E-state index >= 15 is 0 Å². The number of carbonyl (C=O) groups excluding carboxylic acids is 1. The van der Waals surface area contributed by atoms with Gasteiger partial charge < -0.3 is 14.2 Å². The number of benzene rings is 1. The van der Waals surface area contributed by atoms with Crippen molar-refractivity contribution in [1.82, 2.24) is 19.7 Å². The number of carbonyl (C=O) groups is 1. The second-order valence-electron chi connectivity index (χ2n) is 6.41.